The van der Waals surface area contributed by atoms with Crippen LogP contribution in [0, 0.1) is 0 Å². The van der Waals surface area contributed by atoms with E-state index in [1.165, 1.54) is 12.1 Å². The molecule has 1 heterocycles. The second-order valence-corrected chi connectivity index (χ2v) is 7.31. The van der Waals surface area contributed by atoms with E-state index in [1.807, 2.05) is 24.3 Å². The number of hydrogen-bond acceptors (Lipinski definition) is 5. The highest BCUT2D eigenvalue weighted by atomic mass is 35.5. The highest BCUT2D eigenvalue weighted by Gasteiger charge is 2.15. The summed E-state index contributed by atoms with van der Waals surface area (Å²) in [7, 11) is 1.57. The molecule has 0 radical (unpaired) electrons. The number of amides is 2. The molecule has 0 aliphatic rings. The van der Waals surface area contributed by atoms with Crippen molar-refractivity contribution in [1.82, 2.24) is 10.3 Å². The first-order valence-electron chi connectivity index (χ1n) is 8.10. The van der Waals surface area contributed by atoms with Gasteiger partial charge in [-0.15, -0.1) is 11.3 Å². The van der Waals surface area contributed by atoms with Gasteiger partial charge in [-0.3, -0.25) is 14.9 Å². The van der Waals surface area contributed by atoms with Crippen molar-refractivity contribution in [2.75, 3.05) is 12.4 Å². The summed E-state index contributed by atoms with van der Waals surface area (Å²) in [6.45, 7) is 0.294. The summed E-state index contributed by atoms with van der Waals surface area (Å²) in [5.41, 5.74) is 1.32. The zero-order valence-electron chi connectivity index (χ0n) is 14.7. The minimum absolute atomic E-state index is 0.206. The Balaban J connectivity index is 1.63. The van der Waals surface area contributed by atoms with E-state index in [0.29, 0.717) is 22.4 Å². The van der Waals surface area contributed by atoms with Gasteiger partial charge < -0.3 is 10.1 Å². The number of ether oxygens (including phenoxy) is 1. The second kappa shape index (κ2) is 9.05. The molecule has 144 valence electrons. The van der Waals surface area contributed by atoms with Gasteiger partial charge in [0.05, 0.1) is 17.7 Å². The maximum absolute atomic E-state index is 12.3. The van der Waals surface area contributed by atoms with E-state index in [9.17, 15) is 9.59 Å². The van der Waals surface area contributed by atoms with E-state index in [4.69, 9.17) is 27.9 Å². The summed E-state index contributed by atoms with van der Waals surface area (Å²) in [5.74, 6) is -0.0990. The van der Waals surface area contributed by atoms with Crippen LogP contribution in [0.15, 0.2) is 47.8 Å². The minimum Gasteiger partial charge on any atom is -0.496 e. The van der Waals surface area contributed by atoms with E-state index in [1.54, 1.807) is 18.6 Å². The molecule has 0 aliphatic heterocycles. The molecule has 3 aromatic rings. The Morgan fingerprint density at radius 3 is 2.68 bits per heavy atom. The van der Waals surface area contributed by atoms with E-state index < -0.39 is 5.91 Å². The Kier molecular flexibility index (Phi) is 6.51. The molecule has 0 atom stereocenters. The highest BCUT2D eigenvalue weighted by molar-refractivity contribution is 7.14. The van der Waals surface area contributed by atoms with Crippen molar-refractivity contribution in [3.05, 3.63) is 74.7 Å². The van der Waals surface area contributed by atoms with Crippen molar-refractivity contribution < 1.29 is 14.3 Å². The molecule has 2 amide bonds. The molecule has 0 saturated heterocycles. The number of aromatic nitrogens is 1. The van der Waals surface area contributed by atoms with Gasteiger partial charge in [-0.2, -0.15) is 0 Å². The fourth-order valence-electron chi connectivity index (χ4n) is 2.39. The van der Waals surface area contributed by atoms with Gasteiger partial charge in [0.25, 0.3) is 11.8 Å². The standard InChI is InChI=1S/C19H15Cl2N3O3S/c1-27-16-5-3-2-4-11(16)9-22-18(26)15-10-28-19(23-15)24-17(25)13-7-6-12(20)8-14(13)21/h2-8,10H,9H2,1H3,(H,22,26)(H,23,24,25). The number of para-hydroxylation sites is 1. The van der Waals surface area contributed by atoms with Crippen LogP contribution in [0.5, 0.6) is 5.75 Å². The molecule has 0 spiro atoms. The predicted molar refractivity (Wildman–Crippen MR) is 111 cm³/mol. The largest absolute Gasteiger partial charge is 0.496 e. The number of carbonyl (C=O) groups is 2. The van der Waals surface area contributed by atoms with Crippen LogP contribution in [0.2, 0.25) is 10.0 Å². The third-order valence-corrected chi connectivity index (χ3v) is 5.07. The summed E-state index contributed by atoms with van der Waals surface area (Å²) < 4.78 is 5.26. The molecule has 0 aliphatic carbocycles. The van der Waals surface area contributed by atoms with Crippen molar-refractivity contribution in [1.29, 1.82) is 0 Å². The van der Waals surface area contributed by atoms with Gasteiger partial charge in [-0.25, -0.2) is 4.98 Å². The third kappa shape index (κ3) is 4.81. The number of carbonyl (C=O) groups excluding carboxylic acids is 2. The molecule has 9 heteroatoms. The normalized spacial score (nSPS) is 10.4. The lowest BCUT2D eigenvalue weighted by Crippen LogP contribution is -2.23. The first kappa shape index (κ1) is 20.1. The van der Waals surface area contributed by atoms with Crippen LogP contribution in [-0.2, 0) is 6.54 Å². The van der Waals surface area contributed by atoms with Crippen LogP contribution in [0.4, 0.5) is 5.13 Å². The van der Waals surface area contributed by atoms with Gasteiger partial charge >= 0.3 is 0 Å². The lowest BCUT2D eigenvalue weighted by Gasteiger charge is -2.08. The highest BCUT2D eigenvalue weighted by Crippen LogP contribution is 2.23. The number of nitrogens with one attached hydrogen (secondary N) is 2. The Morgan fingerprint density at radius 2 is 1.93 bits per heavy atom. The molecule has 2 aromatic carbocycles. The maximum atomic E-state index is 12.3. The summed E-state index contributed by atoms with van der Waals surface area (Å²) >= 11 is 13.0. The number of halogens is 2. The Bertz CT molecular complexity index is 1020. The van der Waals surface area contributed by atoms with Crippen molar-refractivity contribution in [2.24, 2.45) is 0 Å². The first-order chi connectivity index (χ1) is 13.5. The number of benzene rings is 2. The van der Waals surface area contributed by atoms with Gasteiger partial charge in [-0.1, -0.05) is 41.4 Å². The molecule has 0 fully saturated rings. The molecule has 3 rings (SSSR count). The Hall–Kier alpha value is -2.61. The zero-order chi connectivity index (χ0) is 20.1. The quantitative estimate of drug-likeness (QED) is 0.590. The first-order valence-corrected chi connectivity index (χ1v) is 9.73. The average Bonchev–Trinajstić information content (AvgIpc) is 3.14. The number of methoxy groups -OCH3 is 1. The number of rotatable bonds is 6. The van der Waals surface area contributed by atoms with E-state index in [2.05, 4.69) is 15.6 Å². The molecular weight excluding hydrogens is 421 g/mol. The predicted octanol–water partition coefficient (Wildman–Crippen LogP) is 4.64. The molecule has 0 saturated carbocycles. The SMILES string of the molecule is COc1ccccc1CNC(=O)c1csc(NC(=O)c2ccc(Cl)cc2Cl)n1. The second-order valence-electron chi connectivity index (χ2n) is 5.61. The number of nitrogens with zero attached hydrogens (tertiary/aromatic N) is 1. The van der Waals surface area contributed by atoms with E-state index >= 15 is 0 Å². The summed E-state index contributed by atoms with van der Waals surface area (Å²) in [6.07, 6.45) is 0. The van der Waals surface area contributed by atoms with E-state index in [-0.39, 0.29) is 22.2 Å². The maximum Gasteiger partial charge on any atom is 0.271 e. The van der Waals surface area contributed by atoms with Crippen LogP contribution in [0.1, 0.15) is 26.4 Å². The fourth-order valence-corrected chi connectivity index (χ4v) is 3.57. The topological polar surface area (TPSA) is 80.3 Å². The van der Waals surface area contributed by atoms with Gasteiger partial charge in [0.15, 0.2) is 5.13 Å². The van der Waals surface area contributed by atoms with Crippen LogP contribution < -0.4 is 15.4 Å². The lowest BCUT2D eigenvalue weighted by molar-refractivity contribution is 0.0945. The van der Waals surface area contributed by atoms with Crippen LogP contribution in [-0.4, -0.2) is 23.9 Å². The smallest absolute Gasteiger partial charge is 0.271 e. The van der Waals surface area contributed by atoms with Crippen molar-refractivity contribution in [3.8, 4) is 5.75 Å². The van der Waals surface area contributed by atoms with Gasteiger partial charge in [0.1, 0.15) is 11.4 Å². The molecule has 0 bridgehead atoms. The van der Waals surface area contributed by atoms with Gasteiger partial charge in [0, 0.05) is 22.5 Å². The van der Waals surface area contributed by atoms with E-state index in [0.717, 1.165) is 16.9 Å². The van der Waals surface area contributed by atoms with Crippen LogP contribution >= 0.6 is 34.5 Å². The molecule has 2 N–H and O–H groups in total. The number of thiazole rings is 1. The number of anilines is 1. The molecule has 6 nitrogen and oxygen atoms in total. The van der Waals surface area contributed by atoms with Crippen LogP contribution in [0.25, 0.3) is 0 Å². The molecule has 0 unspecified atom stereocenters. The minimum atomic E-state index is -0.433. The lowest BCUT2D eigenvalue weighted by atomic mass is 10.2. The number of hydrogen-bond donors (Lipinski definition) is 2. The van der Waals surface area contributed by atoms with Gasteiger partial charge in [0.2, 0.25) is 0 Å². The third-order valence-electron chi connectivity index (χ3n) is 3.76. The Labute approximate surface area is 175 Å². The fraction of sp³-hybridized carbons (Fsp3) is 0.105. The molecule has 28 heavy (non-hydrogen) atoms. The van der Waals surface area contributed by atoms with Crippen molar-refractivity contribution >= 4 is 51.5 Å². The summed E-state index contributed by atoms with van der Waals surface area (Å²) in [6, 6.07) is 12.0. The average molecular weight is 436 g/mol. The van der Waals surface area contributed by atoms with Crippen molar-refractivity contribution in [2.45, 2.75) is 6.54 Å². The van der Waals surface area contributed by atoms with Crippen LogP contribution in [0.3, 0.4) is 0 Å². The molecule has 1 aromatic heterocycles. The van der Waals surface area contributed by atoms with Crippen molar-refractivity contribution in [3.63, 3.8) is 0 Å². The zero-order valence-corrected chi connectivity index (χ0v) is 17.0. The monoisotopic (exact) mass is 435 g/mol. The molecular formula is C19H15Cl2N3O3S. The van der Waals surface area contributed by atoms with Gasteiger partial charge in [-0.05, 0) is 24.3 Å². The summed E-state index contributed by atoms with van der Waals surface area (Å²) in [5, 5.41) is 7.93. The Morgan fingerprint density at radius 1 is 1.14 bits per heavy atom. The summed E-state index contributed by atoms with van der Waals surface area (Å²) in [4.78, 5) is 28.8.